The maximum Gasteiger partial charge on any atom is 0.404 e. The summed E-state index contributed by atoms with van der Waals surface area (Å²) in [5.74, 6) is 0. The summed E-state index contributed by atoms with van der Waals surface area (Å²) in [6.45, 7) is 2.54. The van der Waals surface area contributed by atoms with Crippen molar-refractivity contribution in [3.63, 3.8) is 0 Å². The molecule has 0 aromatic carbocycles. The molecule has 2 N–H and O–H groups in total. The van der Waals surface area contributed by atoms with Crippen molar-refractivity contribution in [1.29, 1.82) is 0 Å². The van der Waals surface area contributed by atoms with Crippen molar-refractivity contribution in [2.24, 2.45) is 5.11 Å². The predicted octanol–water partition coefficient (Wildman–Crippen LogP) is 2.92. The van der Waals surface area contributed by atoms with E-state index in [0.717, 1.165) is 51.7 Å². The van der Waals surface area contributed by atoms with Crippen LogP contribution in [0.25, 0.3) is 10.4 Å². The Morgan fingerprint density at radius 3 is 2.44 bits per heavy atom. The molecule has 104 valence electrons. The molecule has 0 aliphatic heterocycles. The Hall–Kier alpha value is -1.46. The van der Waals surface area contributed by atoms with Gasteiger partial charge in [-0.15, -0.1) is 0 Å². The fourth-order valence-corrected chi connectivity index (χ4v) is 1.41. The zero-order valence-corrected chi connectivity index (χ0v) is 10.7. The van der Waals surface area contributed by atoms with Gasteiger partial charge in [0, 0.05) is 31.2 Å². The van der Waals surface area contributed by atoms with E-state index in [2.05, 4.69) is 15.3 Å². The van der Waals surface area contributed by atoms with Crippen LogP contribution in [0.3, 0.4) is 0 Å². The zero-order chi connectivity index (χ0) is 13.5. The fourth-order valence-electron chi connectivity index (χ4n) is 1.41. The predicted molar refractivity (Wildman–Crippen MR) is 68.6 cm³/mol. The molecule has 7 heteroatoms. The summed E-state index contributed by atoms with van der Waals surface area (Å²) in [5, 5.41) is 14.1. The van der Waals surface area contributed by atoms with Gasteiger partial charge in [0.15, 0.2) is 0 Å². The van der Waals surface area contributed by atoms with Gasteiger partial charge in [0.1, 0.15) is 0 Å². The van der Waals surface area contributed by atoms with Crippen LogP contribution < -0.4 is 5.32 Å². The molecule has 0 unspecified atom stereocenters. The molecule has 0 fully saturated rings. The van der Waals surface area contributed by atoms with E-state index in [1.165, 1.54) is 0 Å². The number of carboxylic acid groups (broad SMARTS) is 1. The highest BCUT2D eigenvalue weighted by atomic mass is 16.5. The standard InChI is InChI=1S/C11H22N4O3/c12-15-14-8-4-2-6-10-18-9-5-1-3-7-13-11(16)17/h13H,1-10H2,(H,16,17). The lowest BCUT2D eigenvalue weighted by Crippen LogP contribution is -2.21. The number of unbranched alkanes of at least 4 members (excludes halogenated alkanes) is 4. The summed E-state index contributed by atoms with van der Waals surface area (Å²) in [7, 11) is 0. The third kappa shape index (κ3) is 14.5. The van der Waals surface area contributed by atoms with Crippen LogP contribution in [0.2, 0.25) is 0 Å². The molecular formula is C11H22N4O3. The molecule has 18 heavy (non-hydrogen) atoms. The van der Waals surface area contributed by atoms with Gasteiger partial charge in [0.2, 0.25) is 0 Å². The molecule has 0 heterocycles. The molecule has 7 nitrogen and oxygen atoms in total. The van der Waals surface area contributed by atoms with Crippen molar-refractivity contribution >= 4 is 6.09 Å². The normalized spacial score (nSPS) is 9.78. The minimum absolute atomic E-state index is 0.509. The van der Waals surface area contributed by atoms with Crippen LogP contribution >= 0.6 is 0 Å². The van der Waals surface area contributed by atoms with Crippen LogP contribution in [0, 0.1) is 0 Å². The fraction of sp³-hybridized carbons (Fsp3) is 0.909. The number of hydrogen-bond acceptors (Lipinski definition) is 3. The molecule has 0 spiro atoms. The van der Waals surface area contributed by atoms with E-state index in [9.17, 15) is 4.79 Å². The average molecular weight is 258 g/mol. The van der Waals surface area contributed by atoms with Crippen molar-refractivity contribution in [1.82, 2.24) is 5.32 Å². The summed E-state index contributed by atoms with van der Waals surface area (Å²) in [6.07, 6.45) is 4.73. The van der Waals surface area contributed by atoms with Crippen LogP contribution in [0.15, 0.2) is 5.11 Å². The Bertz CT molecular complexity index is 243. The number of azide groups is 1. The van der Waals surface area contributed by atoms with Gasteiger partial charge in [-0.3, -0.25) is 0 Å². The molecule has 1 amide bonds. The molecule has 0 aromatic heterocycles. The van der Waals surface area contributed by atoms with Gasteiger partial charge >= 0.3 is 6.09 Å². The highest BCUT2D eigenvalue weighted by molar-refractivity contribution is 5.64. The maximum atomic E-state index is 10.1. The van der Waals surface area contributed by atoms with Crippen LogP contribution in [0.4, 0.5) is 4.79 Å². The van der Waals surface area contributed by atoms with Crippen molar-refractivity contribution < 1.29 is 14.6 Å². The van der Waals surface area contributed by atoms with E-state index in [1.54, 1.807) is 0 Å². The number of nitrogens with zero attached hydrogens (tertiary/aromatic N) is 3. The van der Waals surface area contributed by atoms with E-state index in [4.69, 9.17) is 15.4 Å². The molecule has 0 saturated carbocycles. The van der Waals surface area contributed by atoms with Crippen molar-refractivity contribution in [2.75, 3.05) is 26.3 Å². The number of hydrogen-bond donors (Lipinski definition) is 2. The van der Waals surface area contributed by atoms with E-state index in [-0.39, 0.29) is 0 Å². The first-order valence-electron chi connectivity index (χ1n) is 6.32. The van der Waals surface area contributed by atoms with Gasteiger partial charge in [0.05, 0.1) is 0 Å². The summed E-state index contributed by atoms with van der Waals surface area (Å²) < 4.78 is 5.43. The summed E-state index contributed by atoms with van der Waals surface area (Å²) in [4.78, 5) is 12.8. The molecule has 0 bridgehead atoms. The van der Waals surface area contributed by atoms with E-state index in [0.29, 0.717) is 13.1 Å². The SMILES string of the molecule is [N-]=[N+]=NCCCCCOCCCCCNC(=O)O. The molecule has 0 aliphatic rings. The topological polar surface area (TPSA) is 107 Å². The molecule has 0 rings (SSSR count). The maximum absolute atomic E-state index is 10.1. The first-order valence-corrected chi connectivity index (χ1v) is 6.32. The van der Waals surface area contributed by atoms with Gasteiger partial charge in [0.25, 0.3) is 0 Å². The molecule has 0 radical (unpaired) electrons. The minimum atomic E-state index is -0.966. The highest BCUT2D eigenvalue weighted by Crippen LogP contribution is 1.99. The third-order valence-corrected chi connectivity index (χ3v) is 2.35. The minimum Gasteiger partial charge on any atom is -0.465 e. The Morgan fingerprint density at radius 1 is 1.17 bits per heavy atom. The molecular weight excluding hydrogens is 236 g/mol. The summed E-state index contributed by atoms with van der Waals surface area (Å²) in [5.41, 5.74) is 8.05. The Balaban J connectivity index is 2.98. The number of rotatable bonds is 12. The second kappa shape index (κ2) is 13.6. The monoisotopic (exact) mass is 258 g/mol. The molecule has 0 aliphatic carbocycles. The van der Waals surface area contributed by atoms with Gasteiger partial charge in [-0.1, -0.05) is 11.5 Å². The van der Waals surface area contributed by atoms with Crippen molar-refractivity contribution in [2.45, 2.75) is 38.5 Å². The Labute approximate surface area is 107 Å². The van der Waals surface area contributed by atoms with Crippen LogP contribution in [-0.2, 0) is 4.74 Å². The smallest absolute Gasteiger partial charge is 0.404 e. The quantitative estimate of drug-likeness (QED) is 0.243. The largest absolute Gasteiger partial charge is 0.465 e. The lowest BCUT2D eigenvalue weighted by molar-refractivity contribution is 0.126. The molecule has 0 aromatic rings. The Kier molecular flexibility index (Phi) is 12.5. The van der Waals surface area contributed by atoms with Crippen molar-refractivity contribution in [3.8, 4) is 0 Å². The lowest BCUT2D eigenvalue weighted by atomic mass is 10.2. The summed E-state index contributed by atoms with van der Waals surface area (Å²) >= 11 is 0. The van der Waals surface area contributed by atoms with Gasteiger partial charge < -0.3 is 15.2 Å². The number of ether oxygens (including phenoxy) is 1. The van der Waals surface area contributed by atoms with Crippen LogP contribution in [0.5, 0.6) is 0 Å². The average Bonchev–Trinajstić information content (AvgIpc) is 2.34. The Morgan fingerprint density at radius 2 is 1.83 bits per heavy atom. The van der Waals surface area contributed by atoms with E-state index in [1.807, 2.05) is 0 Å². The van der Waals surface area contributed by atoms with Gasteiger partial charge in [-0.2, -0.15) is 0 Å². The van der Waals surface area contributed by atoms with E-state index < -0.39 is 6.09 Å². The van der Waals surface area contributed by atoms with Gasteiger partial charge in [-0.25, -0.2) is 4.79 Å². The molecule has 0 saturated heterocycles. The first kappa shape index (κ1) is 16.5. The van der Waals surface area contributed by atoms with Gasteiger partial charge in [-0.05, 0) is 37.6 Å². The highest BCUT2D eigenvalue weighted by Gasteiger charge is 1.94. The second-order valence-corrected chi connectivity index (χ2v) is 3.92. The zero-order valence-electron chi connectivity index (χ0n) is 10.7. The second-order valence-electron chi connectivity index (χ2n) is 3.92. The molecule has 0 atom stereocenters. The number of carbonyl (C=O) groups is 1. The van der Waals surface area contributed by atoms with E-state index >= 15 is 0 Å². The number of nitrogens with one attached hydrogen (secondary N) is 1. The number of amides is 1. The third-order valence-electron chi connectivity index (χ3n) is 2.35. The summed E-state index contributed by atoms with van der Waals surface area (Å²) in [6, 6.07) is 0. The first-order chi connectivity index (χ1) is 8.77. The van der Waals surface area contributed by atoms with Crippen LogP contribution in [0.1, 0.15) is 38.5 Å². The van der Waals surface area contributed by atoms with Crippen molar-refractivity contribution in [3.05, 3.63) is 10.4 Å². The van der Waals surface area contributed by atoms with Crippen LogP contribution in [-0.4, -0.2) is 37.5 Å². The lowest BCUT2D eigenvalue weighted by Gasteiger charge is -2.04.